The summed E-state index contributed by atoms with van der Waals surface area (Å²) in [5.41, 5.74) is 11.0. The Kier molecular flexibility index (Phi) is 2.88. The van der Waals surface area contributed by atoms with Crippen LogP contribution >= 0.6 is 11.6 Å². The van der Waals surface area contributed by atoms with Gasteiger partial charge in [0.1, 0.15) is 0 Å². The molecule has 10 rings (SSSR count). The molecule has 35 heavy (non-hydrogen) atoms. The Hall–Kier alpha value is -3.03. The van der Waals surface area contributed by atoms with Crippen LogP contribution in [0.15, 0.2) is 84.9 Å². The molecule has 4 aromatic carbocycles. The lowest BCUT2D eigenvalue weighted by Gasteiger charge is -2.92. The molecular formula is C33H24ClN. The second kappa shape index (κ2) is 5.52. The number of halogens is 1. The summed E-state index contributed by atoms with van der Waals surface area (Å²) in [6.07, 6.45) is 4.40. The molecule has 5 aromatic rings. The standard InChI is InChI=1S/C33H24ClN/c34-20-12-13-27-23(17-20)21-6-2-4-10-26(21)35(27)28-11-5-9-25-31(28)22-7-1-3-8-24(22)33(25)29-15-18-14-19-16-30(33)32(18,19)29/h1-13,17-19,29-30H,14-16H2. The van der Waals surface area contributed by atoms with Gasteiger partial charge < -0.3 is 4.57 Å². The highest BCUT2D eigenvalue weighted by molar-refractivity contribution is 6.32. The fraction of sp³-hybridized carbons (Fsp3) is 0.273. The van der Waals surface area contributed by atoms with Crippen LogP contribution in [0.4, 0.5) is 0 Å². The number of para-hydroxylation sites is 1. The maximum atomic E-state index is 6.48. The number of hydrogen-bond donors (Lipinski definition) is 0. The van der Waals surface area contributed by atoms with Crippen molar-refractivity contribution in [2.24, 2.45) is 29.1 Å². The topological polar surface area (TPSA) is 4.93 Å². The second-order valence-electron chi connectivity index (χ2n) is 11.8. The molecule has 4 saturated carbocycles. The van der Waals surface area contributed by atoms with Crippen LogP contribution in [-0.4, -0.2) is 4.57 Å². The third-order valence-corrected chi connectivity index (χ3v) is 11.6. The highest BCUT2D eigenvalue weighted by Crippen LogP contribution is 2.94. The van der Waals surface area contributed by atoms with Gasteiger partial charge in [-0.25, -0.2) is 0 Å². The molecule has 0 N–H and O–H groups in total. The van der Waals surface area contributed by atoms with Crippen LogP contribution in [0.25, 0.3) is 38.6 Å². The lowest BCUT2D eigenvalue weighted by Crippen LogP contribution is -2.88. The van der Waals surface area contributed by atoms with E-state index >= 15 is 0 Å². The molecule has 4 unspecified atom stereocenters. The minimum Gasteiger partial charge on any atom is -0.309 e. The minimum atomic E-state index is 0.247. The largest absolute Gasteiger partial charge is 0.309 e. The molecular weight excluding hydrogens is 446 g/mol. The van der Waals surface area contributed by atoms with Gasteiger partial charge in [0.2, 0.25) is 0 Å². The normalized spacial score (nSPS) is 34.3. The van der Waals surface area contributed by atoms with Gasteiger partial charge in [-0.2, -0.15) is 0 Å². The zero-order chi connectivity index (χ0) is 22.7. The van der Waals surface area contributed by atoms with Gasteiger partial charge in [0.15, 0.2) is 0 Å². The Labute approximate surface area is 209 Å². The van der Waals surface area contributed by atoms with Crippen molar-refractivity contribution in [2.75, 3.05) is 0 Å². The molecule has 0 saturated heterocycles. The van der Waals surface area contributed by atoms with Crippen LogP contribution in [0, 0.1) is 29.1 Å². The lowest BCUT2D eigenvalue weighted by atomic mass is 9.11. The average molecular weight is 470 g/mol. The summed E-state index contributed by atoms with van der Waals surface area (Å²) in [7, 11) is 0. The van der Waals surface area contributed by atoms with Crippen molar-refractivity contribution in [3.8, 4) is 16.8 Å². The van der Waals surface area contributed by atoms with Crippen molar-refractivity contribution in [1.29, 1.82) is 0 Å². The summed E-state index contributed by atoms with van der Waals surface area (Å²) in [6.45, 7) is 0. The van der Waals surface area contributed by atoms with E-state index in [9.17, 15) is 0 Å². The zero-order valence-corrected chi connectivity index (χ0v) is 20.1. The molecule has 1 aromatic heterocycles. The van der Waals surface area contributed by atoms with Crippen LogP contribution in [0.5, 0.6) is 0 Å². The van der Waals surface area contributed by atoms with Gasteiger partial charge in [-0.3, -0.25) is 0 Å². The molecule has 2 heteroatoms. The van der Waals surface area contributed by atoms with Crippen LogP contribution in [0.1, 0.15) is 30.4 Å². The third kappa shape index (κ3) is 1.64. The molecule has 4 fully saturated rings. The van der Waals surface area contributed by atoms with Gasteiger partial charge in [-0.1, -0.05) is 66.2 Å². The molecule has 5 aliphatic rings. The first-order chi connectivity index (χ1) is 17.3. The molecule has 0 aliphatic heterocycles. The van der Waals surface area contributed by atoms with Crippen LogP contribution in [0.3, 0.4) is 0 Å². The van der Waals surface area contributed by atoms with Gasteiger partial charge in [-0.15, -0.1) is 0 Å². The van der Waals surface area contributed by atoms with Gasteiger partial charge >= 0.3 is 0 Å². The van der Waals surface area contributed by atoms with Gasteiger partial charge in [0.05, 0.1) is 16.7 Å². The van der Waals surface area contributed by atoms with Crippen molar-refractivity contribution >= 4 is 33.4 Å². The first kappa shape index (κ1) is 18.3. The monoisotopic (exact) mass is 469 g/mol. The number of fused-ring (bicyclic) bond motifs is 10. The summed E-state index contributed by atoms with van der Waals surface area (Å²) < 4.78 is 2.50. The molecule has 168 valence electrons. The smallest absolute Gasteiger partial charge is 0.0543 e. The van der Waals surface area contributed by atoms with E-state index in [0.29, 0.717) is 5.41 Å². The maximum Gasteiger partial charge on any atom is 0.0543 e. The summed E-state index contributed by atoms with van der Waals surface area (Å²) in [6, 6.07) is 31.7. The molecule has 4 atom stereocenters. The van der Waals surface area contributed by atoms with Crippen LogP contribution < -0.4 is 0 Å². The Morgan fingerprint density at radius 3 is 2.29 bits per heavy atom. The van der Waals surface area contributed by atoms with Crippen molar-refractivity contribution in [3.63, 3.8) is 0 Å². The molecule has 5 aliphatic carbocycles. The average Bonchev–Trinajstić information content (AvgIpc) is 3.33. The molecule has 1 heterocycles. The third-order valence-electron chi connectivity index (χ3n) is 11.3. The van der Waals surface area contributed by atoms with E-state index in [2.05, 4.69) is 83.4 Å². The predicted molar refractivity (Wildman–Crippen MR) is 142 cm³/mol. The fourth-order valence-electron chi connectivity index (χ4n) is 10.4. The number of hydrogen-bond acceptors (Lipinski definition) is 0. The van der Waals surface area contributed by atoms with E-state index in [-0.39, 0.29) is 5.41 Å². The molecule has 0 radical (unpaired) electrons. The highest BCUT2D eigenvalue weighted by Gasteiger charge is 2.90. The van der Waals surface area contributed by atoms with Gasteiger partial charge in [-0.05, 0) is 95.4 Å². The minimum absolute atomic E-state index is 0.247. The van der Waals surface area contributed by atoms with Crippen molar-refractivity contribution < 1.29 is 0 Å². The Balaban J connectivity index is 1.32. The number of nitrogens with zero attached hydrogens (tertiary/aromatic N) is 1. The van der Waals surface area contributed by atoms with E-state index in [1.54, 1.807) is 11.1 Å². The summed E-state index contributed by atoms with van der Waals surface area (Å²) in [5, 5.41) is 3.29. The van der Waals surface area contributed by atoms with E-state index < -0.39 is 0 Å². The van der Waals surface area contributed by atoms with Crippen molar-refractivity contribution in [3.05, 3.63) is 101 Å². The Morgan fingerprint density at radius 1 is 0.686 bits per heavy atom. The predicted octanol–water partition coefficient (Wildman–Crippen LogP) is 8.38. The van der Waals surface area contributed by atoms with E-state index in [0.717, 1.165) is 28.7 Å². The van der Waals surface area contributed by atoms with Gasteiger partial charge in [0.25, 0.3) is 0 Å². The lowest BCUT2D eigenvalue weighted by molar-refractivity contribution is -0.412. The van der Waals surface area contributed by atoms with E-state index in [1.165, 1.54) is 57.9 Å². The quantitative estimate of drug-likeness (QED) is 0.232. The SMILES string of the molecule is Clc1ccc2c(c1)c1ccccc1n2-c1cccc2c1-c1ccccc1C21C2CC3CC4CC1C342. The first-order valence-corrected chi connectivity index (χ1v) is 13.6. The van der Waals surface area contributed by atoms with Crippen molar-refractivity contribution in [1.82, 2.24) is 4.57 Å². The fourth-order valence-corrected chi connectivity index (χ4v) is 10.6. The highest BCUT2D eigenvalue weighted by atomic mass is 35.5. The molecule has 0 bridgehead atoms. The maximum absolute atomic E-state index is 6.48. The Morgan fingerprint density at radius 2 is 1.43 bits per heavy atom. The summed E-state index contributed by atoms with van der Waals surface area (Å²) >= 11 is 6.48. The Bertz CT molecular complexity index is 1770. The molecule has 1 nitrogen and oxygen atoms in total. The number of aromatic nitrogens is 1. The van der Waals surface area contributed by atoms with E-state index in [4.69, 9.17) is 11.6 Å². The molecule has 0 amide bonds. The zero-order valence-electron chi connectivity index (χ0n) is 19.3. The second-order valence-corrected chi connectivity index (χ2v) is 12.3. The van der Waals surface area contributed by atoms with Crippen LogP contribution in [-0.2, 0) is 5.41 Å². The summed E-state index contributed by atoms with van der Waals surface area (Å²) in [4.78, 5) is 0. The van der Waals surface area contributed by atoms with Crippen molar-refractivity contribution in [2.45, 2.75) is 24.7 Å². The first-order valence-electron chi connectivity index (χ1n) is 13.2. The number of rotatable bonds is 1. The number of benzene rings is 4. The molecule has 2 spiro atoms. The van der Waals surface area contributed by atoms with Crippen LogP contribution in [0.2, 0.25) is 5.02 Å². The van der Waals surface area contributed by atoms with E-state index in [1.807, 2.05) is 6.07 Å². The summed E-state index contributed by atoms with van der Waals surface area (Å²) in [5.74, 6) is 3.77. The van der Waals surface area contributed by atoms with Gasteiger partial charge in [0, 0.05) is 26.8 Å².